The van der Waals surface area contributed by atoms with E-state index in [0.717, 1.165) is 57.8 Å². The van der Waals surface area contributed by atoms with Gasteiger partial charge in [0.25, 0.3) is 0 Å². The predicted molar refractivity (Wildman–Crippen MR) is 231 cm³/mol. The molecular weight excluding hydrogens is 745 g/mol. The number of phosphoric acid groups is 1. The van der Waals surface area contributed by atoms with E-state index < -0.39 is 51.1 Å². The van der Waals surface area contributed by atoms with Crippen LogP contribution in [0.25, 0.3) is 0 Å². The SMILES string of the molecule is CCCCCCCCC/C=C\CCCCCCCC(=O)OC(COC(=O)CCCCCCCCCCCCCCCCCCC)COP(=O)(O)OCC(N)C(=O)O. The molecule has 0 spiro atoms. The van der Waals surface area contributed by atoms with Crippen molar-refractivity contribution >= 4 is 25.7 Å². The molecule has 0 aliphatic carbocycles. The molecule has 336 valence electrons. The molecule has 0 fully saturated rings. The second kappa shape index (κ2) is 41.0. The van der Waals surface area contributed by atoms with Gasteiger partial charge in [-0.25, -0.2) is 4.57 Å². The zero-order chi connectivity index (χ0) is 42.1. The molecule has 0 aliphatic rings. The monoisotopic (exact) mass is 832 g/mol. The van der Waals surface area contributed by atoms with Gasteiger partial charge in [0.05, 0.1) is 13.2 Å². The highest BCUT2D eigenvalue weighted by molar-refractivity contribution is 7.47. The molecule has 0 saturated carbocycles. The highest BCUT2D eigenvalue weighted by atomic mass is 31.2. The number of carbonyl (C=O) groups is 3. The number of hydrogen-bond donors (Lipinski definition) is 3. The Labute approximate surface area is 348 Å². The molecule has 3 unspecified atom stereocenters. The van der Waals surface area contributed by atoms with Gasteiger partial charge in [0.1, 0.15) is 12.6 Å². The van der Waals surface area contributed by atoms with E-state index in [1.807, 2.05) is 0 Å². The minimum absolute atomic E-state index is 0.156. The molecule has 0 bridgehead atoms. The number of carbonyl (C=O) groups excluding carboxylic acids is 2. The van der Waals surface area contributed by atoms with E-state index in [9.17, 15) is 23.8 Å². The summed E-state index contributed by atoms with van der Waals surface area (Å²) in [4.78, 5) is 46.0. The summed E-state index contributed by atoms with van der Waals surface area (Å²) in [5.41, 5.74) is 5.34. The van der Waals surface area contributed by atoms with Crippen LogP contribution in [-0.4, -0.2) is 59.9 Å². The third-order valence-electron chi connectivity index (χ3n) is 10.3. The summed E-state index contributed by atoms with van der Waals surface area (Å²) in [7, 11) is -4.71. The summed E-state index contributed by atoms with van der Waals surface area (Å²) < 4.78 is 32.7. The van der Waals surface area contributed by atoms with Crippen LogP contribution in [-0.2, 0) is 37.5 Å². The second-order valence-corrected chi connectivity index (χ2v) is 17.3. The fraction of sp³-hybridized carbons (Fsp3) is 0.889. The molecule has 0 rings (SSSR count). The van der Waals surface area contributed by atoms with Crippen molar-refractivity contribution in [2.24, 2.45) is 5.73 Å². The number of esters is 2. The van der Waals surface area contributed by atoms with Gasteiger partial charge in [-0.1, -0.05) is 187 Å². The van der Waals surface area contributed by atoms with Gasteiger partial charge in [0, 0.05) is 12.8 Å². The third-order valence-corrected chi connectivity index (χ3v) is 11.2. The number of carboxylic acid groups (broad SMARTS) is 1. The fourth-order valence-electron chi connectivity index (χ4n) is 6.59. The number of carboxylic acids is 1. The van der Waals surface area contributed by atoms with E-state index in [1.54, 1.807) is 0 Å². The normalized spacial score (nSPS) is 13.8. The van der Waals surface area contributed by atoms with Crippen molar-refractivity contribution in [2.45, 2.75) is 238 Å². The van der Waals surface area contributed by atoms with Gasteiger partial charge in [0.15, 0.2) is 6.10 Å². The summed E-state index contributed by atoms with van der Waals surface area (Å²) in [6, 6.07) is -1.52. The molecule has 0 aromatic rings. The predicted octanol–water partition coefficient (Wildman–Crippen LogP) is 12.5. The molecule has 11 nitrogen and oxygen atoms in total. The van der Waals surface area contributed by atoms with E-state index in [-0.39, 0.29) is 19.4 Å². The van der Waals surface area contributed by atoms with Crippen molar-refractivity contribution in [2.75, 3.05) is 19.8 Å². The molecule has 0 saturated heterocycles. The number of unbranched alkanes of at least 4 members (excludes halogenated alkanes) is 28. The van der Waals surface area contributed by atoms with E-state index in [4.69, 9.17) is 24.8 Å². The number of phosphoric ester groups is 1. The molecule has 12 heteroatoms. The average molecular weight is 832 g/mol. The fourth-order valence-corrected chi connectivity index (χ4v) is 7.37. The topological polar surface area (TPSA) is 172 Å². The van der Waals surface area contributed by atoms with Crippen molar-refractivity contribution < 1.29 is 47.5 Å². The van der Waals surface area contributed by atoms with Gasteiger partial charge >= 0.3 is 25.7 Å². The van der Waals surface area contributed by atoms with Gasteiger partial charge in [0.2, 0.25) is 0 Å². The van der Waals surface area contributed by atoms with Gasteiger partial charge < -0.3 is 25.2 Å². The quantitative estimate of drug-likeness (QED) is 0.0231. The molecule has 3 atom stereocenters. The first-order valence-electron chi connectivity index (χ1n) is 23.2. The van der Waals surface area contributed by atoms with Crippen LogP contribution in [0.5, 0.6) is 0 Å². The van der Waals surface area contributed by atoms with Crippen LogP contribution in [0.3, 0.4) is 0 Å². The van der Waals surface area contributed by atoms with Gasteiger partial charge in [-0.15, -0.1) is 0 Å². The van der Waals surface area contributed by atoms with Crippen LogP contribution >= 0.6 is 7.82 Å². The van der Waals surface area contributed by atoms with Crippen molar-refractivity contribution in [3.8, 4) is 0 Å². The number of hydrogen-bond acceptors (Lipinski definition) is 9. The zero-order valence-corrected chi connectivity index (χ0v) is 37.3. The minimum Gasteiger partial charge on any atom is -0.480 e. The number of aliphatic carboxylic acids is 1. The van der Waals surface area contributed by atoms with E-state index >= 15 is 0 Å². The van der Waals surface area contributed by atoms with E-state index in [0.29, 0.717) is 12.8 Å². The summed E-state index contributed by atoms with van der Waals surface area (Å²) in [5, 5.41) is 8.90. The second-order valence-electron chi connectivity index (χ2n) is 15.9. The smallest absolute Gasteiger partial charge is 0.472 e. The van der Waals surface area contributed by atoms with Crippen molar-refractivity contribution in [3.63, 3.8) is 0 Å². The maximum Gasteiger partial charge on any atom is 0.472 e. The average Bonchev–Trinajstić information content (AvgIpc) is 3.19. The number of ether oxygens (including phenoxy) is 2. The lowest BCUT2D eigenvalue weighted by Gasteiger charge is -2.20. The van der Waals surface area contributed by atoms with Gasteiger partial charge in [-0.2, -0.15) is 0 Å². The molecule has 0 aromatic carbocycles. The molecule has 57 heavy (non-hydrogen) atoms. The molecule has 0 aromatic heterocycles. The van der Waals surface area contributed by atoms with E-state index in [2.05, 4.69) is 30.5 Å². The van der Waals surface area contributed by atoms with Crippen LogP contribution in [0.4, 0.5) is 0 Å². The van der Waals surface area contributed by atoms with Gasteiger partial charge in [-0.3, -0.25) is 23.4 Å². The molecule has 0 radical (unpaired) electrons. The lowest BCUT2D eigenvalue weighted by Crippen LogP contribution is -2.34. The summed E-state index contributed by atoms with van der Waals surface area (Å²) >= 11 is 0. The molecule has 0 heterocycles. The van der Waals surface area contributed by atoms with Crippen LogP contribution in [0.1, 0.15) is 226 Å². The highest BCUT2D eigenvalue weighted by Crippen LogP contribution is 2.43. The van der Waals surface area contributed by atoms with Crippen LogP contribution in [0, 0.1) is 0 Å². The molecule has 0 amide bonds. The van der Waals surface area contributed by atoms with E-state index in [1.165, 1.54) is 128 Å². The lowest BCUT2D eigenvalue weighted by atomic mass is 10.0. The maximum atomic E-state index is 12.6. The van der Waals surface area contributed by atoms with Crippen LogP contribution < -0.4 is 5.73 Å². The number of allylic oxidation sites excluding steroid dienone is 2. The van der Waals surface area contributed by atoms with Crippen molar-refractivity contribution in [1.29, 1.82) is 0 Å². The summed E-state index contributed by atoms with van der Waals surface area (Å²) in [6.07, 6.45) is 41.3. The number of rotatable bonds is 44. The van der Waals surface area contributed by atoms with Crippen LogP contribution in [0.15, 0.2) is 12.2 Å². The largest absolute Gasteiger partial charge is 0.480 e. The Morgan fingerprint density at radius 2 is 0.877 bits per heavy atom. The Kier molecular flexibility index (Phi) is 39.7. The molecule has 0 aliphatic heterocycles. The first-order valence-corrected chi connectivity index (χ1v) is 24.7. The Hall–Kier alpha value is -1.78. The lowest BCUT2D eigenvalue weighted by molar-refractivity contribution is -0.161. The molecule has 4 N–H and O–H groups in total. The van der Waals surface area contributed by atoms with Crippen molar-refractivity contribution in [1.82, 2.24) is 0 Å². The molecular formula is C45H86NO10P. The number of nitrogens with two attached hydrogens (primary N) is 1. The minimum atomic E-state index is -4.71. The van der Waals surface area contributed by atoms with Crippen LogP contribution in [0.2, 0.25) is 0 Å². The Bertz CT molecular complexity index is 1030. The first-order chi connectivity index (χ1) is 27.6. The van der Waals surface area contributed by atoms with Crippen molar-refractivity contribution in [3.05, 3.63) is 12.2 Å². The maximum absolute atomic E-state index is 12.6. The Morgan fingerprint density at radius 1 is 0.526 bits per heavy atom. The van der Waals surface area contributed by atoms with Gasteiger partial charge in [-0.05, 0) is 38.5 Å². The standard InChI is InChI=1S/C45H86NO10P/c1-3-5-7-9-11-13-15-17-19-21-23-24-26-28-30-32-34-36-43(47)53-38-41(39-54-57(51,52)55-40-42(46)45(49)50)56-44(48)37-35-33-31-29-27-25-22-20-18-16-14-12-10-8-6-4-2/h20,22,41-42H,3-19,21,23-40,46H2,1-2H3,(H,49,50)(H,51,52)/b22-20-. The third kappa shape index (κ3) is 40.8. The Balaban J connectivity index is 4.30. The first kappa shape index (κ1) is 55.2. The zero-order valence-electron chi connectivity index (χ0n) is 36.5. The highest BCUT2D eigenvalue weighted by Gasteiger charge is 2.28. The summed E-state index contributed by atoms with van der Waals surface area (Å²) in [6.45, 7) is 2.83. The Morgan fingerprint density at radius 3 is 1.28 bits per heavy atom. The summed E-state index contributed by atoms with van der Waals surface area (Å²) in [5.74, 6) is -2.37.